The zero-order valence-electron chi connectivity index (χ0n) is 10.3. The molecule has 0 radical (unpaired) electrons. The fourth-order valence-electron chi connectivity index (χ4n) is 1.59. The van der Waals surface area contributed by atoms with E-state index in [1.807, 2.05) is 30.3 Å². The van der Waals surface area contributed by atoms with Crippen molar-refractivity contribution in [2.24, 2.45) is 5.73 Å². The highest BCUT2D eigenvalue weighted by Gasteiger charge is 2.21. The molecule has 18 heavy (non-hydrogen) atoms. The van der Waals surface area contributed by atoms with E-state index in [-0.39, 0.29) is 12.2 Å². The zero-order chi connectivity index (χ0) is 13.6. The van der Waals surface area contributed by atoms with Crippen molar-refractivity contribution in [1.29, 1.82) is 0 Å². The fourth-order valence-corrected chi connectivity index (χ4v) is 2.88. The topological polar surface area (TPSA) is 89.3 Å². The Hall–Kier alpha value is -1.40. The van der Waals surface area contributed by atoms with Crippen molar-refractivity contribution < 1.29 is 13.2 Å². The monoisotopic (exact) mass is 270 g/mol. The Balaban J connectivity index is 2.76. The smallest absolute Gasteiger partial charge is 0.235 e. The molecule has 3 N–H and O–H groups in total. The lowest BCUT2D eigenvalue weighted by molar-refractivity contribution is -0.119. The molecule has 0 aromatic heterocycles. The van der Waals surface area contributed by atoms with E-state index in [1.54, 1.807) is 6.92 Å². The van der Waals surface area contributed by atoms with Crippen LogP contribution in [0.1, 0.15) is 18.9 Å². The number of nitrogens with two attached hydrogens (primary N) is 1. The van der Waals surface area contributed by atoms with Crippen molar-refractivity contribution in [3.8, 4) is 0 Å². The average Bonchev–Trinajstić information content (AvgIpc) is 2.29. The molecule has 1 amide bonds. The number of nitrogens with one attached hydrogen (secondary N) is 1. The number of hydrogen-bond donors (Lipinski definition) is 2. The van der Waals surface area contributed by atoms with Gasteiger partial charge in [-0.25, -0.2) is 13.1 Å². The Kier molecular flexibility index (Phi) is 5.30. The van der Waals surface area contributed by atoms with Crippen LogP contribution in [-0.2, 0) is 21.2 Å². The highest BCUT2D eigenvalue weighted by molar-refractivity contribution is 7.89. The molecule has 0 unspecified atom stereocenters. The quantitative estimate of drug-likeness (QED) is 0.752. The van der Waals surface area contributed by atoms with Gasteiger partial charge in [-0.05, 0) is 18.4 Å². The molecule has 0 spiro atoms. The van der Waals surface area contributed by atoms with Crippen LogP contribution in [0, 0.1) is 0 Å². The number of hydrogen-bond acceptors (Lipinski definition) is 3. The van der Waals surface area contributed by atoms with E-state index in [0.717, 1.165) is 5.56 Å². The lowest BCUT2D eigenvalue weighted by Gasteiger charge is -2.15. The molecule has 0 saturated carbocycles. The summed E-state index contributed by atoms with van der Waals surface area (Å²) in [6.07, 6.45) is 0.755. The summed E-state index contributed by atoms with van der Waals surface area (Å²) in [5.41, 5.74) is 6.08. The van der Waals surface area contributed by atoms with Crippen LogP contribution in [0.2, 0.25) is 0 Å². The second kappa shape index (κ2) is 6.51. The second-order valence-electron chi connectivity index (χ2n) is 4.08. The predicted molar refractivity (Wildman–Crippen MR) is 70.3 cm³/mol. The number of carbonyl (C=O) groups is 1. The van der Waals surface area contributed by atoms with Crippen molar-refractivity contribution in [2.75, 3.05) is 5.75 Å². The van der Waals surface area contributed by atoms with Gasteiger partial charge in [0.2, 0.25) is 15.9 Å². The minimum atomic E-state index is -3.45. The van der Waals surface area contributed by atoms with E-state index in [1.165, 1.54) is 0 Å². The third-order valence-corrected chi connectivity index (χ3v) is 4.01. The van der Waals surface area contributed by atoms with Crippen LogP contribution >= 0.6 is 0 Å². The van der Waals surface area contributed by atoms with Crippen LogP contribution in [0.5, 0.6) is 0 Å². The summed E-state index contributed by atoms with van der Waals surface area (Å²) < 4.78 is 25.6. The van der Waals surface area contributed by atoms with Gasteiger partial charge in [-0.2, -0.15) is 0 Å². The molecule has 1 aromatic carbocycles. The largest absolute Gasteiger partial charge is 0.368 e. The number of rotatable bonds is 7. The van der Waals surface area contributed by atoms with Crippen molar-refractivity contribution in [3.63, 3.8) is 0 Å². The standard InChI is InChI=1S/C12H18N2O3S/c1-2-8-18(16,17)14-11(12(13)15)9-10-6-4-3-5-7-10/h3-7,11,14H,2,8-9H2,1H3,(H2,13,15)/t11-/m1/s1. The van der Waals surface area contributed by atoms with Gasteiger partial charge in [0.05, 0.1) is 5.75 Å². The van der Waals surface area contributed by atoms with Gasteiger partial charge in [0.25, 0.3) is 0 Å². The maximum Gasteiger partial charge on any atom is 0.235 e. The maximum atomic E-state index is 11.6. The molecule has 0 heterocycles. The molecular weight excluding hydrogens is 252 g/mol. The van der Waals surface area contributed by atoms with E-state index in [4.69, 9.17) is 5.73 Å². The van der Waals surface area contributed by atoms with Gasteiger partial charge in [-0.1, -0.05) is 37.3 Å². The molecule has 0 saturated heterocycles. The van der Waals surface area contributed by atoms with Crippen molar-refractivity contribution >= 4 is 15.9 Å². The van der Waals surface area contributed by atoms with Gasteiger partial charge >= 0.3 is 0 Å². The first-order valence-electron chi connectivity index (χ1n) is 5.78. The molecule has 1 rings (SSSR count). The Labute approximate surface area is 107 Å². The molecule has 100 valence electrons. The summed E-state index contributed by atoms with van der Waals surface area (Å²) in [4.78, 5) is 11.3. The van der Waals surface area contributed by atoms with E-state index in [0.29, 0.717) is 6.42 Å². The van der Waals surface area contributed by atoms with Gasteiger partial charge in [0.1, 0.15) is 6.04 Å². The highest BCUT2D eigenvalue weighted by Crippen LogP contribution is 2.04. The fraction of sp³-hybridized carbons (Fsp3) is 0.417. The lowest BCUT2D eigenvalue weighted by Crippen LogP contribution is -2.46. The summed E-state index contributed by atoms with van der Waals surface area (Å²) in [6.45, 7) is 1.76. The Bertz CT molecular complexity index is 485. The molecule has 0 aliphatic heterocycles. The summed E-state index contributed by atoms with van der Waals surface area (Å²) in [6, 6.07) is 8.25. The summed E-state index contributed by atoms with van der Waals surface area (Å²) in [5.74, 6) is -0.676. The highest BCUT2D eigenvalue weighted by atomic mass is 32.2. The summed E-state index contributed by atoms with van der Waals surface area (Å²) in [5, 5.41) is 0. The number of sulfonamides is 1. The lowest BCUT2D eigenvalue weighted by atomic mass is 10.1. The molecule has 0 bridgehead atoms. The third-order valence-electron chi connectivity index (χ3n) is 2.42. The SMILES string of the molecule is CCCS(=O)(=O)N[C@H](Cc1ccccc1)C(N)=O. The first-order chi connectivity index (χ1) is 8.44. The first kappa shape index (κ1) is 14.7. The predicted octanol–water partition coefficient (Wildman–Crippen LogP) is 0.412. The molecule has 1 atom stereocenters. The van der Waals surface area contributed by atoms with E-state index in [2.05, 4.69) is 4.72 Å². The maximum absolute atomic E-state index is 11.6. The van der Waals surface area contributed by atoms with Crippen molar-refractivity contribution in [3.05, 3.63) is 35.9 Å². The molecule has 0 fully saturated rings. The summed E-state index contributed by atoms with van der Waals surface area (Å²) in [7, 11) is -3.45. The zero-order valence-corrected chi connectivity index (χ0v) is 11.1. The van der Waals surface area contributed by atoms with E-state index >= 15 is 0 Å². The van der Waals surface area contributed by atoms with Crippen molar-refractivity contribution in [2.45, 2.75) is 25.8 Å². The van der Waals surface area contributed by atoms with Gasteiger partial charge in [0.15, 0.2) is 0 Å². The van der Waals surface area contributed by atoms with Crippen LogP contribution in [0.25, 0.3) is 0 Å². The number of benzene rings is 1. The first-order valence-corrected chi connectivity index (χ1v) is 7.43. The number of primary amides is 1. The Morgan fingerprint density at radius 2 is 1.94 bits per heavy atom. The van der Waals surface area contributed by atoms with E-state index in [9.17, 15) is 13.2 Å². The molecule has 0 aliphatic carbocycles. The van der Waals surface area contributed by atoms with Gasteiger partial charge in [-0.15, -0.1) is 0 Å². The number of amides is 1. The third kappa shape index (κ3) is 4.85. The summed E-state index contributed by atoms with van der Waals surface area (Å²) >= 11 is 0. The van der Waals surface area contributed by atoms with Crippen LogP contribution in [-0.4, -0.2) is 26.1 Å². The minimum Gasteiger partial charge on any atom is -0.368 e. The van der Waals surface area contributed by atoms with Crippen LogP contribution < -0.4 is 10.5 Å². The van der Waals surface area contributed by atoms with Crippen molar-refractivity contribution in [1.82, 2.24) is 4.72 Å². The Morgan fingerprint density at radius 1 is 1.33 bits per heavy atom. The van der Waals surface area contributed by atoms with Crippen LogP contribution in [0.15, 0.2) is 30.3 Å². The molecule has 1 aromatic rings. The molecular formula is C12H18N2O3S. The molecule has 0 aliphatic rings. The minimum absolute atomic E-state index is 0.00836. The van der Waals surface area contributed by atoms with Crippen LogP contribution in [0.4, 0.5) is 0 Å². The normalized spacial score (nSPS) is 13.2. The number of carbonyl (C=O) groups excluding carboxylic acids is 1. The van der Waals surface area contributed by atoms with Crippen LogP contribution in [0.3, 0.4) is 0 Å². The van der Waals surface area contributed by atoms with Gasteiger partial charge in [-0.3, -0.25) is 4.79 Å². The average molecular weight is 270 g/mol. The van der Waals surface area contributed by atoms with Gasteiger partial charge < -0.3 is 5.73 Å². The second-order valence-corrected chi connectivity index (χ2v) is 5.95. The molecule has 5 nitrogen and oxygen atoms in total. The van der Waals surface area contributed by atoms with Gasteiger partial charge in [0, 0.05) is 0 Å². The van der Waals surface area contributed by atoms with E-state index < -0.39 is 22.0 Å². The Morgan fingerprint density at radius 3 is 2.44 bits per heavy atom. The molecule has 6 heteroatoms.